The van der Waals surface area contributed by atoms with Crippen LogP contribution in [0.25, 0.3) is 0 Å². The zero-order chi connectivity index (χ0) is 17.9. The zero-order valence-corrected chi connectivity index (χ0v) is 14.8. The van der Waals surface area contributed by atoms with E-state index in [4.69, 9.17) is 4.74 Å². The summed E-state index contributed by atoms with van der Waals surface area (Å²) in [5.74, 6) is 0.572. The summed E-state index contributed by atoms with van der Waals surface area (Å²) in [6.07, 6.45) is 3.99. The van der Waals surface area contributed by atoms with Crippen LogP contribution in [0.4, 0.5) is 11.5 Å². The number of aromatic amines is 1. The van der Waals surface area contributed by atoms with Crippen molar-refractivity contribution in [2.45, 2.75) is 32.2 Å². The standard InChI is InChI=1S/C19H24N4O3/c24-17-6-5-14(11-13(17)12-23-7-9-26-10-8-23)20-18-19(25)22-16-4-2-1-3-15(16)21-18/h5-6,11,24H,1-4,7-10,12H2,(H,20,21)(H,22,25). The highest BCUT2D eigenvalue weighted by molar-refractivity contribution is 5.59. The van der Waals surface area contributed by atoms with Crippen molar-refractivity contribution in [2.75, 3.05) is 31.6 Å². The number of rotatable bonds is 4. The molecule has 1 saturated heterocycles. The molecule has 0 atom stereocenters. The van der Waals surface area contributed by atoms with Gasteiger partial charge in [-0.3, -0.25) is 9.69 Å². The van der Waals surface area contributed by atoms with Crippen LogP contribution in [-0.4, -0.2) is 46.3 Å². The van der Waals surface area contributed by atoms with Gasteiger partial charge < -0.3 is 20.1 Å². The molecule has 0 radical (unpaired) electrons. The number of morpholine rings is 1. The minimum Gasteiger partial charge on any atom is -0.508 e. The minimum atomic E-state index is -0.201. The van der Waals surface area contributed by atoms with Gasteiger partial charge in [-0.25, -0.2) is 4.98 Å². The Morgan fingerprint density at radius 1 is 1.23 bits per heavy atom. The van der Waals surface area contributed by atoms with E-state index in [2.05, 4.69) is 20.2 Å². The van der Waals surface area contributed by atoms with Crippen LogP contribution in [0.2, 0.25) is 0 Å². The van der Waals surface area contributed by atoms with Gasteiger partial charge in [0.05, 0.1) is 18.9 Å². The molecule has 2 heterocycles. The van der Waals surface area contributed by atoms with Gasteiger partial charge in [0.1, 0.15) is 5.75 Å². The highest BCUT2D eigenvalue weighted by Crippen LogP contribution is 2.25. The van der Waals surface area contributed by atoms with E-state index < -0.39 is 0 Å². The first-order valence-electron chi connectivity index (χ1n) is 9.20. The molecule has 3 N–H and O–H groups in total. The van der Waals surface area contributed by atoms with Crippen molar-refractivity contribution in [1.29, 1.82) is 0 Å². The Morgan fingerprint density at radius 3 is 2.88 bits per heavy atom. The molecule has 0 bridgehead atoms. The second-order valence-electron chi connectivity index (χ2n) is 6.90. The number of phenols is 1. The monoisotopic (exact) mass is 356 g/mol. The third-order valence-corrected chi connectivity index (χ3v) is 5.00. The Labute approximate surface area is 152 Å². The van der Waals surface area contributed by atoms with E-state index in [1.54, 1.807) is 12.1 Å². The van der Waals surface area contributed by atoms with Crippen LogP contribution in [0.3, 0.4) is 0 Å². The van der Waals surface area contributed by atoms with Gasteiger partial charge >= 0.3 is 0 Å². The fourth-order valence-electron chi connectivity index (χ4n) is 3.54. The molecule has 1 fully saturated rings. The number of aryl methyl sites for hydroxylation is 2. The molecular weight excluding hydrogens is 332 g/mol. The van der Waals surface area contributed by atoms with Crippen molar-refractivity contribution in [3.63, 3.8) is 0 Å². The van der Waals surface area contributed by atoms with E-state index in [0.29, 0.717) is 25.6 Å². The number of ether oxygens (including phenoxy) is 1. The Hall–Kier alpha value is -2.38. The first kappa shape index (κ1) is 17.1. The normalized spacial score (nSPS) is 17.7. The number of aromatic hydroxyl groups is 1. The molecule has 7 nitrogen and oxygen atoms in total. The van der Waals surface area contributed by atoms with E-state index in [0.717, 1.165) is 61.4 Å². The van der Waals surface area contributed by atoms with Crippen LogP contribution in [0.1, 0.15) is 29.8 Å². The Morgan fingerprint density at radius 2 is 2.04 bits per heavy atom. The summed E-state index contributed by atoms with van der Waals surface area (Å²) >= 11 is 0. The second-order valence-corrected chi connectivity index (χ2v) is 6.90. The largest absolute Gasteiger partial charge is 0.508 e. The van der Waals surface area contributed by atoms with Crippen molar-refractivity contribution >= 4 is 11.5 Å². The number of anilines is 2. The van der Waals surface area contributed by atoms with Gasteiger partial charge in [0.2, 0.25) is 0 Å². The lowest BCUT2D eigenvalue weighted by Crippen LogP contribution is -2.35. The average molecular weight is 356 g/mol. The molecule has 2 aliphatic rings. The van der Waals surface area contributed by atoms with Gasteiger partial charge in [-0.1, -0.05) is 0 Å². The molecule has 26 heavy (non-hydrogen) atoms. The number of hydrogen-bond acceptors (Lipinski definition) is 6. The lowest BCUT2D eigenvalue weighted by molar-refractivity contribution is 0.0339. The molecule has 1 aliphatic heterocycles. The lowest BCUT2D eigenvalue weighted by atomic mass is 10.0. The molecule has 0 amide bonds. The van der Waals surface area contributed by atoms with Crippen molar-refractivity contribution in [2.24, 2.45) is 0 Å². The van der Waals surface area contributed by atoms with Crippen LogP contribution in [0, 0.1) is 0 Å². The molecule has 0 spiro atoms. The van der Waals surface area contributed by atoms with E-state index >= 15 is 0 Å². The predicted molar refractivity (Wildman–Crippen MR) is 99.0 cm³/mol. The number of phenolic OH excluding ortho intramolecular Hbond substituents is 1. The van der Waals surface area contributed by atoms with Crippen LogP contribution in [-0.2, 0) is 24.1 Å². The van der Waals surface area contributed by atoms with E-state index in [9.17, 15) is 9.90 Å². The van der Waals surface area contributed by atoms with Gasteiger partial charge in [0, 0.05) is 36.6 Å². The third kappa shape index (κ3) is 3.73. The summed E-state index contributed by atoms with van der Waals surface area (Å²) < 4.78 is 5.37. The summed E-state index contributed by atoms with van der Waals surface area (Å²) in [6.45, 7) is 3.78. The molecule has 0 saturated carbocycles. The minimum absolute atomic E-state index is 0.201. The second kappa shape index (κ2) is 7.47. The maximum atomic E-state index is 12.3. The molecular formula is C19H24N4O3. The van der Waals surface area contributed by atoms with E-state index in [1.807, 2.05) is 6.07 Å². The van der Waals surface area contributed by atoms with Crippen LogP contribution in [0.15, 0.2) is 23.0 Å². The maximum Gasteiger partial charge on any atom is 0.291 e. The summed E-state index contributed by atoms with van der Waals surface area (Å²) in [5.41, 5.74) is 3.32. The lowest BCUT2D eigenvalue weighted by Gasteiger charge is -2.27. The van der Waals surface area contributed by atoms with Crippen LogP contribution < -0.4 is 10.9 Å². The SMILES string of the molecule is O=c1[nH]c2c(nc1Nc1ccc(O)c(CN3CCOCC3)c1)CCCC2. The van der Waals surface area contributed by atoms with Crippen molar-refractivity contribution < 1.29 is 9.84 Å². The van der Waals surface area contributed by atoms with Crippen molar-refractivity contribution in [3.8, 4) is 5.75 Å². The number of hydrogen-bond donors (Lipinski definition) is 3. The zero-order valence-electron chi connectivity index (χ0n) is 14.8. The number of nitrogens with zero attached hydrogens (tertiary/aromatic N) is 2. The molecule has 138 valence electrons. The molecule has 1 aromatic heterocycles. The fraction of sp³-hybridized carbons (Fsp3) is 0.474. The summed E-state index contributed by atoms with van der Waals surface area (Å²) in [4.78, 5) is 22.0. The Kier molecular flexibility index (Phi) is 4.90. The van der Waals surface area contributed by atoms with Crippen molar-refractivity contribution in [1.82, 2.24) is 14.9 Å². The smallest absolute Gasteiger partial charge is 0.291 e. The summed E-state index contributed by atoms with van der Waals surface area (Å²) in [6, 6.07) is 5.30. The van der Waals surface area contributed by atoms with Gasteiger partial charge in [-0.15, -0.1) is 0 Å². The van der Waals surface area contributed by atoms with E-state index in [1.165, 1.54) is 0 Å². The first-order chi connectivity index (χ1) is 12.7. The molecule has 1 aliphatic carbocycles. The molecule has 0 unspecified atom stereocenters. The topological polar surface area (TPSA) is 90.5 Å². The molecule has 4 rings (SSSR count). The Balaban J connectivity index is 1.55. The summed E-state index contributed by atoms with van der Waals surface area (Å²) in [5, 5.41) is 13.3. The number of H-pyrrole nitrogens is 1. The number of fused-ring (bicyclic) bond motifs is 1. The van der Waals surface area contributed by atoms with Gasteiger partial charge in [0.15, 0.2) is 5.82 Å². The highest BCUT2D eigenvalue weighted by atomic mass is 16.5. The first-order valence-corrected chi connectivity index (χ1v) is 9.20. The predicted octanol–water partition coefficient (Wildman–Crippen LogP) is 1.93. The summed E-state index contributed by atoms with van der Waals surface area (Å²) in [7, 11) is 0. The van der Waals surface area contributed by atoms with Gasteiger partial charge in [-0.05, 0) is 43.9 Å². The average Bonchev–Trinajstić information content (AvgIpc) is 2.66. The Bertz CT molecular complexity index is 843. The van der Waals surface area contributed by atoms with Crippen molar-refractivity contribution in [3.05, 3.63) is 45.5 Å². The molecule has 1 aromatic carbocycles. The van der Waals surface area contributed by atoms with Crippen LogP contribution in [0.5, 0.6) is 5.75 Å². The maximum absolute atomic E-state index is 12.3. The third-order valence-electron chi connectivity index (χ3n) is 5.00. The van der Waals surface area contributed by atoms with Gasteiger partial charge in [0.25, 0.3) is 5.56 Å². The van der Waals surface area contributed by atoms with Crippen LogP contribution >= 0.6 is 0 Å². The number of benzene rings is 1. The van der Waals surface area contributed by atoms with Gasteiger partial charge in [-0.2, -0.15) is 0 Å². The quantitative estimate of drug-likeness (QED) is 0.725. The number of nitrogens with one attached hydrogen (secondary N) is 2. The fourth-order valence-corrected chi connectivity index (χ4v) is 3.54. The van der Waals surface area contributed by atoms with E-state index in [-0.39, 0.29) is 11.3 Å². The number of aromatic nitrogens is 2. The molecule has 7 heteroatoms. The highest BCUT2D eigenvalue weighted by Gasteiger charge is 2.16. The molecule has 2 aromatic rings.